The van der Waals surface area contributed by atoms with Gasteiger partial charge in [0.15, 0.2) is 4.34 Å². The van der Waals surface area contributed by atoms with Crippen molar-refractivity contribution in [3.05, 3.63) is 59.7 Å². The van der Waals surface area contributed by atoms with E-state index in [-0.39, 0.29) is 11.9 Å². The van der Waals surface area contributed by atoms with Crippen LogP contribution < -0.4 is 5.32 Å². The first-order chi connectivity index (χ1) is 11.7. The van der Waals surface area contributed by atoms with Crippen molar-refractivity contribution in [1.82, 2.24) is 10.3 Å². The van der Waals surface area contributed by atoms with Crippen LogP contribution in [0.4, 0.5) is 0 Å². The molecule has 0 radical (unpaired) electrons. The highest BCUT2D eigenvalue weighted by Crippen LogP contribution is 2.29. The lowest BCUT2D eigenvalue weighted by molar-refractivity contribution is -0.119. The van der Waals surface area contributed by atoms with E-state index in [1.54, 1.807) is 23.5 Å². The number of nitrogens with zero attached hydrogens (tertiary/aromatic N) is 2. The molecule has 3 aromatic rings. The molecule has 0 aliphatic carbocycles. The van der Waals surface area contributed by atoms with Crippen LogP contribution in [0.1, 0.15) is 24.1 Å². The number of nitriles is 1. The molecule has 120 valence electrons. The van der Waals surface area contributed by atoms with Gasteiger partial charge in [-0.25, -0.2) is 4.98 Å². The van der Waals surface area contributed by atoms with Crippen molar-refractivity contribution < 1.29 is 4.79 Å². The molecule has 0 saturated heterocycles. The maximum absolute atomic E-state index is 12.1. The van der Waals surface area contributed by atoms with Crippen LogP contribution in [0.2, 0.25) is 0 Å². The molecule has 3 rings (SSSR count). The number of thiazole rings is 1. The first kappa shape index (κ1) is 16.5. The lowest BCUT2D eigenvalue weighted by atomic mass is 10.1. The Morgan fingerprint density at radius 3 is 2.75 bits per heavy atom. The molecule has 24 heavy (non-hydrogen) atoms. The van der Waals surface area contributed by atoms with E-state index < -0.39 is 0 Å². The first-order valence-electron chi connectivity index (χ1n) is 7.43. The van der Waals surface area contributed by atoms with Crippen LogP contribution in [0, 0.1) is 11.3 Å². The number of nitrogens with one attached hydrogen (secondary N) is 1. The number of thioether (sulfide) groups is 1. The van der Waals surface area contributed by atoms with Gasteiger partial charge in [0.2, 0.25) is 5.91 Å². The zero-order chi connectivity index (χ0) is 16.9. The monoisotopic (exact) mass is 353 g/mol. The highest BCUT2D eigenvalue weighted by Gasteiger charge is 2.11. The van der Waals surface area contributed by atoms with Crippen LogP contribution in [0.3, 0.4) is 0 Å². The number of carbonyl (C=O) groups excluding carboxylic acids is 1. The van der Waals surface area contributed by atoms with Crippen LogP contribution >= 0.6 is 23.1 Å². The summed E-state index contributed by atoms with van der Waals surface area (Å²) in [6.07, 6.45) is 0. The molecule has 1 N–H and O–H groups in total. The van der Waals surface area contributed by atoms with E-state index in [0.717, 1.165) is 20.1 Å². The Morgan fingerprint density at radius 1 is 1.29 bits per heavy atom. The number of hydrogen-bond acceptors (Lipinski definition) is 5. The standard InChI is InChI=1S/C18H15N3OS2/c1-12(14-8-6-13(10-19)7-9-14)20-17(22)11-23-18-21-15-4-2-3-5-16(15)24-18/h2-9,12H,11H2,1H3,(H,20,22). The lowest BCUT2D eigenvalue weighted by Gasteiger charge is -2.14. The Hall–Kier alpha value is -2.36. The van der Waals surface area contributed by atoms with Crippen LogP contribution in [-0.4, -0.2) is 16.6 Å². The van der Waals surface area contributed by atoms with Crippen LogP contribution in [-0.2, 0) is 4.79 Å². The average Bonchev–Trinajstić information content (AvgIpc) is 3.03. The van der Waals surface area contributed by atoms with Gasteiger partial charge in [-0.1, -0.05) is 36.0 Å². The third kappa shape index (κ3) is 3.94. The van der Waals surface area contributed by atoms with Crippen molar-refractivity contribution in [1.29, 1.82) is 5.26 Å². The predicted molar refractivity (Wildman–Crippen MR) is 98.1 cm³/mol. The number of carbonyl (C=O) groups is 1. The lowest BCUT2D eigenvalue weighted by Crippen LogP contribution is -2.28. The fourth-order valence-electron chi connectivity index (χ4n) is 2.25. The van der Waals surface area contributed by atoms with Gasteiger partial charge in [-0.3, -0.25) is 4.79 Å². The fraction of sp³-hybridized carbons (Fsp3) is 0.167. The van der Waals surface area contributed by atoms with E-state index in [1.807, 2.05) is 43.3 Å². The van der Waals surface area contributed by atoms with E-state index in [9.17, 15) is 4.79 Å². The van der Waals surface area contributed by atoms with Gasteiger partial charge in [0.25, 0.3) is 0 Å². The van der Waals surface area contributed by atoms with Crippen molar-refractivity contribution >= 4 is 39.2 Å². The van der Waals surface area contributed by atoms with Crippen molar-refractivity contribution in [2.75, 3.05) is 5.75 Å². The van der Waals surface area contributed by atoms with E-state index in [0.29, 0.717) is 11.3 Å². The van der Waals surface area contributed by atoms with Gasteiger partial charge in [-0.05, 0) is 36.8 Å². The summed E-state index contributed by atoms with van der Waals surface area (Å²) in [4.78, 5) is 16.6. The number of rotatable bonds is 5. The molecule has 0 aliphatic rings. The Labute approximate surface area is 148 Å². The second-order valence-electron chi connectivity index (χ2n) is 5.26. The Morgan fingerprint density at radius 2 is 2.04 bits per heavy atom. The van der Waals surface area contributed by atoms with Gasteiger partial charge < -0.3 is 5.32 Å². The quantitative estimate of drug-likeness (QED) is 0.700. The molecule has 2 aromatic carbocycles. The summed E-state index contributed by atoms with van der Waals surface area (Å²) in [5.41, 5.74) is 2.56. The maximum atomic E-state index is 12.1. The molecule has 1 unspecified atom stereocenters. The van der Waals surface area contributed by atoms with E-state index >= 15 is 0 Å². The van der Waals surface area contributed by atoms with Crippen LogP contribution in [0.15, 0.2) is 52.9 Å². The second-order valence-corrected chi connectivity index (χ2v) is 7.51. The fourth-order valence-corrected chi connectivity index (χ4v) is 4.13. The number of hydrogen-bond donors (Lipinski definition) is 1. The number of para-hydroxylation sites is 1. The van der Waals surface area contributed by atoms with Gasteiger partial charge in [-0.2, -0.15) is 5.26 Å². The number of benzene rings is 2. The van der Waals surface area contributed by atoms with Gasteiger partial charge in [-0.15, -0.1) is 11.3 Å². The second kappa shape index (κ2) is 7.47. The molecule has 0 spiro atoms. The molecule has 0 bridgehead atoms. The van der Waals surface area contributed by atoms with E-state index in [1.165, 1.54) is 11.8 Å². The molecule has 0 aliphatic heterocycles. The Kier molecular flexibility index (Phi) is 5.14. The molecule has 1 heterocycles. The van der Waals surface area contributed by atoms with Crippen LogP contribution in [0.5, 0.6) is 0 Å². The minimum atomic E-state index is -0.0961. The van der Waals surface area contributed by atoms with Crippen molar-refractivity contribution in [2.45, 2.75) is 17.3 Å². The highest BCUT2D eigenvalue weighted by atomic mass is 32.2. The zero-order valence-corrected chi connectivity index (χ0v) is 14.7. The van der Waals surface area contributed by atoms with Gasteiger partial charge >= 0.3 is 0 Å². The zero-order valence-electron chi connectivity index (χ0n) is 13.0. The Balaban J connectivity index is 1.55. The molecule has 1 amide bonds. The molecule has 0 fully saturated rings. The summed E-state index contributed by atoms with van der Waals surface area (Å²) in [6, 6.07) is 17.2. The topological polar surface area (TPSA) is 65.8 Å². The molecular weight excluding hydrogens is 338 g/mol. The summed E-state index contributed by atoms with van der Waals surface area (Å²) in [5.74, 6) is 0.302. The normalized spacial score (nSPS) is 11.8. The first-order valence-corrected chi connectivity index (χ1v) is 9.24. The largest absolute Gasteiger partial charge is 0.349 e. The van der Waals surface area contributed by atoms with E-state index in [4.69, 9.17) is 5.26 Å². The molecule has 1 atom stereocenters. The minimum Gasteiger partial charge on any atom is -0.349 e. The highest BCUT2D eigenvalue weighted by molar-refractivity contribution is 8.01. The molecule has 6 heteroatoms. The molecular formula is C18H15N3OS2. The number of aromatic nitrogens is 1. The molecule has 4 nitrogen and oxygen atoms in total. The minimum absolute atomic E-state index is 0.0314. The third-order valence-corrected chi connectivity index (χ3v) is 5.70. The molecule has 1 aromatic heterocycles. The summed E-state index contributed by atoms with van der Waals surface area (Å²) in [5, 5.41) is 11.8. The summed E-state index contributed by atoms with van der Waals surface area (Å²) in [7, 11) is 0. The predicted octanol–water partition coefficient (Wildman–Crippen LogP) is 4.14. The maximum Gasteiger partial charge on any atom is 0.230 e. The smallest absolute Gasteiger partial charge is 0.230 e. The number of amides is 1. The van der Waals surface area contributed by atoms with Crippen molar-refractivity contribution in [3.8, 4) is 6.07 Å². The SMILES string of the molecule is CC(NC(=O)CSc1nc2ccccc2s1)c1ccc(C#N)cc1. The van der Waals surface area contributed by atoms with Crippen molar-refractivity contribution in [2.24, 2.45) is 0 Å². The summed E-state index contributed by atoms with van der Waals surface area (Å²) in [6.45, 7) is 1.93. The van der Waals surface area contributed by atoms with Crippen LogP contribution in [0.25, 0.3) is 10.2 Å². The Bertz CT molecular complexity index is 864. The average molecular weight is 353 g/mol. The molecule has 0 saturated carbocycles. The van der Waals surface area contributed by atoms with Gasteiger partial charge in [0.1, 0.15) is 0 Å². The summed E-state index contributed by atoms with van der Waals surface area (Å²) >= 11 is 3.05. The number of fused-ring (bicyclic) bond motifs is 1. The van der Waals surface area contributed by atoms with E-state index in [2.05, 4.69) is 16.4 Å². The van der Waals surface area contributed by atoms with Gasteiger partial charge in [0, 0.05) is 0 Å². The third-order valence-electron chi connectivity index (χ3n) is 3.52. The van der Waals surface area contributed by atoms with Gasteiger partial charge in [0.05, 0.1) is 33.6 Å². The van der Waals surface area contributed by atoms with Crippen molar-refractivity contribution in [3.63, 3.8) is 0 Å². The summed E-state index contributed by atoms with van der Waals surface area (Å²) < 4.78 is 2.03.